The minimum absolute atomic E-state index is 0.0525. The Bertz CT molecular complexity index is 667. The van der Waals surface area contributed by atoms with Gasteiger partial charge >= 0.3 is 0 Å². The summed E-state index contributed by atoms with van der Waals surface area (Å²) in [5.41, 5.74) is 2.46. The van der Waals surface area contributed by atoms with Crippen molar-refractivity contribution in [3.8, 4) is 5.69 Å². The van der Waals surface area contributed by atoms with Gasteiger partial charge in [-0.05, 0) is 54.1 Å². The Kier molecular flexibility index (Phi) is 5.50. The van der Waals surface area contributed by atoms with Crippen molar-refractivity contribution in [1.82, 2.24) is 30.4 Å². The summed E-state index contributed by atoms with van der Waals surface area (Å²) in [6, 6.07) is 5.50. The third-order valence-corrected chi connectivity index (χ3v) is 4.10. The maximum Gasteiger partial charge on any atom is 0.251 e. The van der Waals surface area contributed by atoms with E-state index in [9.17, 15) is 4.79 Å². The molecule has 1 saturated heterocycles. The van der Waals surface area contributed by atoms with E-state index in [1.807, 2.05) is 19.1 Å². The van der Waals surface area contributed by atoms with Crippen LogP contribution in [0.15, 0.2) is 24.5 Å². The lowest BCUT2D eigenvalue weighted by atomic mass is 10.1. The Labute approximate surface area is 140 Å². The lowest BCUT2D eigenvalue weighted by molar-refractivity contribution is 0.0374. The van der Waals surface area contributed by atoms with Gasteiger partial charge in [-0.1, -0.05) is 0 Å². The maximum atomic E-state index is 12.3. The molecule has 0 unspecified atom stereocenters. The van der Waals surface area contributed by atoms with E-state index in [-0.39, 0.29) is 5.91 Å². The van der Waals surface area contributed by atoms with Crippen LogP contribution in [0.2, 0.25) is 0 Å². The molecule has 0 bridgehead atoms. The Morgan fingerprint density at radius 1 is 1.33 bits per heavy atom. The molecule has 1 aromatic carbocycles. The molecule has 1 aliphatic rings. The number of tetrazole rings is 1. The molecule has 24 heavy (non-hydrogen) atoms. The maximum absolute atomic E-state index is 12.3. The predicted octanol–water partition coefficient (Wildman–Crippen LogP) is 0.423. The van der Waals surface area contributed by atoms with E-state index in [1.165, 1.54) is 6.33 Å². The van der Waals surface area contributed by atoms with Crippen LogP contribution in [-0.2, 0) is 4.74 Å². The first-order chi connectivity index (χ1) is 11.7. The molecule has 128 valence electrons. The number of hydrogen-bond acceptors (Lipinski definition) is 6. The molecule has 1 aromatic heterocycles. The molecule has 0 saturated carbocycles. The number of aromatic nitrogens is 4. The van der Waals surface area contributed by atoms with Crippen molar-refractivity contribution in [2.24, 2.45) is 0 Å². The van der Waals surface area contributed by atoms with Crippen LogP contribution >= 0.6 is 0 Å². The molecule has 0 spiro atoms. The number of carbonyl (C=O) groups is 1. The van der Waals surface area contributed by atoms with E-state index >= 15 is 0 Å². The molecule has 1 amide bonds. The van der Waals surface area contributed by atoms with E-state index in [2.05, 4.69) is 25.7 Å². The van der Waals surface area contributed by atoms with Gasteiger partial charge in [0.15, 0.2) is 0 Å². The molecule has 1 aliphatic heterocycles. The largest absolute Gasteiger partial charge is 0.379 e. The van der Waals surface area contributed by atoms with Crippen LogP contribution in [0, 0.1) is 6.92 Å². The van der Waals surface area contributed by atoms with E-state index in [0.717, 1.165) is 50.5 Å². The monoisotopic (exact) mass is 330 g/mol. The quantitative estimate of drug-likeness (QED) is 0.773. The Hall–Kier alpha value is -2.32. The highest BCUT2D eigenvalue weighted by molar-refractivity contribution is 5.94. The van der Waals surface area contributed by atoms with Crippen molar-refractivity contribution < 1.29 is 9.53 Å². The summed E-state index contributed by atoms with van der Waals surface area (Å²) in [7, 11) is 0. The molecule has 1 fully saturated rings. The number of morpholine rings is 1. The van der Waals surface area contributed by atoms with Gasteiger partial charge in [-0.25, -0.2) is 4.68 Å². The number of nitrogens with zero attached hydrogens (tertiary/aromatic N) is 5. The van der Waals surface area contributed by atoms with E-state index in [1.54, 1.807) is 10.7 Å². The molecule has 2 heterocycles. The smallest absolute Gasteiger partial charge is 0.251 e. The normalized spacial score (nSPS) is 15.4. The molecule has 0 atom stereocenters. The highest BCUT2D eigenvalue weighted by Crippen LogP contribution is 2.14. The Morgan fingerprint density at radius 2 is 2.17 bits per heavy atom. The Balaban J connectivity index is 1.49. The summed E-state index contributed by atoms with van der Waals surface area (Å²) in [5, 5.41) is 14.1. The molecule has 1 N–H and O–H groups in total. The van der Waals surface area contributed by atoms with Gasteiger partial charge in [-0.3, -0.25) is 9.69 Å². The molecule has 0 aliphatic carbocycles. The highest BCUT2D eigenvalue weighted by Gasteiger charge is 2.11. The minimum atomic E-state index is -0.0525. The zero-order valence-electron chi connectivity index (χ0n) is 13.8. The van der Waals surface area contributed by atoms with E-state index < -0.39 is 0 Å². The third-order valence-electron chi connectivity index (χ3n) is 4.10. The number of ether oxygens (including phenoxy) is 1. The number of carbonyl (C=O) groups excluding carboxylic acids is 1. The van der Waals surface area contributed by atoms with Gasteiger partial charge in [0.25, 0.3) is 5.91 Å². The van der Waals surface area contributed by atoms with Crippen LogP contribution in [0.25, 0.3) is 5.69 Å². The van der Waals surface area contributed by atoms with Crippen LogP contribution in [0.5, 0.6) is 0 Å². The van der Waals surface area contributed by atoms with E-state index in [0.29, 0.717) is 12.1 Å². The summed E-state index contributed by atoms with van der Waals surface area (Å²) < 4.78 is 6.91. The summed E-state index contributed by atoms with van der Waals surface area (Å²) in [4.78, 5) is 14.6. The number of benzene rings is 1. The highest BCUT2D eigenvalue weighted by atomic mass is 16.5. The van der Waals surface area contributed by atoms with Crippen molar-refractivity contribution in [2.45, 2.75) is 13.3 Å². The van der Waals surface area contributed by atoms with Gasteiger partial charge in [0.05, 0.1) is 18.9 Å². The molecular formula is C16H22N6O2. The summed E-state index contributed by atoms with van der Waals surface area (Å²) in [6.07, 6.45) is 2.47. The van der Waals surface area contributed by atoms with E-state index in [4.69, 9.17) is 4.74 Å². The van der Waals surface area contributed by atoms with Gasteiger partial charge < -0.3 is 10.1 Å². The first-order valence-corrected chi connectivity index (χ1v) is 8.16. The molecule has 8 heteroatoms. The van der Waals surface area contributed by atoms with Gasteiger partial charge in [0.1, 0.15) is 6.33 Å². The van der Waals surface area contributed by atoms with Crippen LogP contribution in [0.1, 0.15) is 22.3 Å². The minimum Gasteiger partial charge on any atom is -0.379 e. The van der Waals surface area contributed by atoms with Crippen LogP contribution < -0.4 is 5.32 Å². The lowest BCUT2D eigenvalue weighted by Crippen LogP contribution is -2.38. The molecular weight excluding hydrogens is 308 g/mol. The van der Waals surface area contributed by atoms with Gasteiger partial charge in [0, 0.05) is 25.2 Å². The molecule has 0 radical (unpaired) electrons. The first-order valence-electron chi connectivity index (χ1n) is 8.16. The summed E-state index contributed by atoms with van der Waals surface area (Å²) in [5.74, 6) is -0.0525. The average Bonchev–Trinajstić information content (AvgIpc) is 3.13. The number of amides is 1. The van der Waals surface area contributed by atoms with Crippen molar-refractivity contribution in [1.29, 1.82) is 0 Å². The fraction of sp³-hybridized carbons (Fsp3) is 0.500. The fourth-order valence-electron chi connectivity index (χ4n) is 2.76. The Morgan fingerprint density at radius 3 is 2.88 bits per heavy atom. The van der Waals surface area contributed by atoms with Gasteiger partial charge in [0.2, 0.25) is 0 Å². The fourth-order valence-corrected chi connectivity index (χ4v) is 2.76. The third kappa shape index (κ3) is 4.15. The van der Waals surface area contributed by atoms with Crippen LogP contribution in [0.3, 0.4) is 0 Å². The van der Waals surface area contributed by atoms with Gasteiger partial charge in [-0.15, -0.1) is 5.10 Å². The number of nitrogens with one attached hydrogen (secondary N) is 1. The summed E-state index contributed by atoms with van der Waals surface area (Å²) >= 11 is 0. The zero-order valence-corrected chi connectivity index (χ0v) is 13.8. The van der Waals surface area contributed by atoms with Gasteiger partial charge in [-0.2, -0.15) is 0 Å². The number of hydrogen-bond donors (Lipinski definition) is 1. The zero-order chi connectivity index (χ0) is 16.8. The second kappa shape index (κ2) is 7.98. The van der Waals surface area contributed by atoms with Crippen LogP contribution in [-0.4, -0.2) is 70.4 Å². The number of rotatable bonds is 6. The number of aryl methyl sites for hydroxylation is 1. The van der Waals surface area contributed by atoms with Crippen molar-refractivity contribution in [3.63, 3.8) is 0 Å². The van der Waals surface area contributed by atoms with Crippen molar-refractivity contribution in [3.05, 3.63) is 35.7 Å². The van der Waals surface area contributed by atoms with Crippen molar-refractivity contribution >= 4 is 5.91 Å². The predicted molar refractivity (Wildman–Crippen MR) is 88.1 cm³/mol. The molecule has 3 rings (SSSR count). The summed E-state index contributed by atoms with van der Waals surface area (Å²) in [6.45, 7) is 7.16. The standard InChI is InChI=1S/C16H22N6O2/c1-13-11-14(3-4-15(13)22-12-18-19-20-22)16(23)17-5-2-6-21-7-9-24-10-8-21/h3-4,11-12H,2,5-10H2,1H3,(H,17,23). The topological polar surface area (TPSA) is 85.2 Å². The lowest BCUT2D eigenvalue weighted by Gasteiger charge is -2.26. The SMILES string of the molecule is Cc1cc(C(=O)NCCCN2CCOCC2)ccc1-n1cnnn1. The molecule has 8 nitrogen and oxygen atoms in total. The first kappa shape index (κ1) is 16.5. The second-order valence-electron chi connectivity index (χ2n) is 5.82. The second-order valence-corrected chi connectivity index (χ2v) is 5.82. The molecule has 2 aromatic rings. The average molecular weight is 330 g/mol. The van der Waals surface area contributed by atoms with Crippen LogP contribution in [0.4, 0.5) is 0 Å². The van der Waals surface area contributed by atoms with Crippen molar-refractivity contribution in [2.75, 3.05) is 39.4 Å².